The van der Waals surface area contributed by atoms with Crippen LogP contribution in [0, 0.1) is 5.92 Å². The van der Waals surface area contributed by atoms with Gasteiger partial charge >= 0.3 is 5.97 Å². The van der Waals surface area contributed by atoms with Crippen LogP contribution in [0.1, 0.15) is 58.3 Å². The van der Waals surface area contributed by atoms with Crippen LogP contribution in [0.4, 0.5) is 0 Å². The highest BCUT2D eigenvalue weighted by Crippen LogP contribution is 2.27. The number of aliphatic carboxylic acids is 1. The van der Waals surface area contributed by atoms with E-state index in [0.717, 1.165) is 19.3 Å². The van der Waals surface area contributed by atoms with Gasteiger partial charge in [-0.1, -0.05) is 32.1 Å². The second-order valence-electron chi connectivity index (χ2n) is 5.74. The number of nitrogens with two attached hydrogens (primary N) is 1. The van der Waals surface area contributed by atoms with Gasteiger partial charge in [0.15, 0.2) is 0 Å². The van der Waals surface area contributed by atoms with Crippen LogP contribution in [0.2, 0.25) is 0 Å². The molecule has 6 nitrogen and oxygen atoms in total. The molecule has 0 aromatic carbocycles. The Kier molecular flexibility index (Phi) is 7.19. The van der Waals surface area contributed by atoms with Gasteiger partial charge < -0.3 is 15.7 Å². The fraction of sp³-hybridized carbons (Fsp3) is 0.800. The number of carbonyl (C=O) groups is 3. The molecule has 1 saturated carbocycles. The molecule has 0 aliphatic heterocycles. The Morgan fingerprint density at radius 3 is 2.33 bits per heavy atom. The molecule has 1 aliphatic rings. The SMILES string of the molecule is CCN(C(=O)CCC1CCCCC1)[C@@H](CC(=O)O)C(N)=O. The van der Waals surface area contributed by atoms with Gasteiger partial charge in [-0.3, -0.25) is 14.4 Å². The lowest BCUT2D eigenvalue weighted by Gasteiger charge is -2.29. The largest absolute Gasteiger partial charge is 0.481 e. The van der Waals surface area contributed by atoms with E-state index in [9.17, 15) is 14.4 Å². The second kappa shape index (κ2) is 8.64. The summed E-state index contributed by atoms with van der Waals surface area (Å²) in [6.45, 7) is 2.03. The number of primary amides is 1. The molecule has 1 rings (SSSR count). The summed E-state index contributed by atoms with van der Waals surface area (Å²) in [6.07, 6.45) is 6.78. The molecule has 1 aliphatic carbocycles. The maximum Gasteiger partial charge on any atom is 0.305 e. The molecule has 0 radical (unpaired) electrons. The summed E-state index contributed by atoms with van der Waals surface area (Å²) in [5, 5.41) is 8.85. The van der Waals surface area contributed by atoms with Gasteiger partial charge in [0.2, 0.25) is 11.8 Å². The molecule has 21 heavy (non-hydrogen) atoms. The summed E-state index contributed by atoms with van der Waals surface area (Å²) in [7, 11) is 0. The van der Waals surface area contributed by atoms with Gasteiger partial charge in [0.25, 0.3) is 0 Å². The number of hydrogen-bond acceptors (Lipinski definition) is 3. The molecule has 0 heterocycles. The third-order valence-electron chi connectivity index (χ3n) is 4.22. The average molecular weight is 298 g/mol. The van der Waals surface area contributed by atoms with Crippen molar-refractivity contribution in [3.05, 3.63) is 0 Å². The molecule has 120 valence electrons. The minimum absolute atomic E-state index is 0.173. The van der Waals surface area contributed by atoms with Crippen LogP contribution in [-0.4, -0.2) is 40.4 Å². The number of nitrogens with zero attached hydrogens (tertiary/aromatic N) is 1. The van der Waals surface area contributed by atoms with Crippen molar-refractivity contribution in [1.29, 1.82) is 0 Å². The monoisotopic (exact) mass is 298 g/mol. The Morgan fingerprint density at radius 1 is 1.24 bits per heavy atom. The van der Waals surface area contributed by atoms with Crippen LogP contribution in [0.3, 0.4) is 0 Å². The Labute approximate surface area is 125 Å². The molecule has 1 atom stereocenters. The normalized spacial score (nSPS) is 17.2. The van der Waals surface area contributed by atoms with Crippen molar-refractivity contribution in [2.24, 2.45) is 11.7 Å². The van der Waals surface area contributed by atoms with Gasteiger partial charge in [-0.2, -0.15) is 0 Å². The van der Waals surface area contributed by atoms with Gasteiger partial charge in [-0.15, -0.1) is 0 Å². The molecule has 0 aromatic rings. The van der Waals surface area contributed by atoms with Crippen molar-refractivity contribution in [2.75, 3.05) is 6.54 Å². The Hall–Kier alpha value is -1.59. The molecule has 1 fully saturated rings. The third kappa shape index (κ3) is 5.73. The maximum absolute atomic E-state index is 12.3. The number of hydrogen-bond donors (Lipinski definition) is 2. The first-order chi connectivity index (χ1) is 9.95. The third-order valence-corrected chi connectivity index (χ3v) is 4.22. The summed E-state index contributed by atoms with van der Waals surface area (Å²) in [4.78, 5) is 35.8. The molecular formula is C15H26N2O4. The first kappa shape index (κ1) is 17.5. The zero-order valence-corrected chi connectivity index (χ0v) is 12.7. The van der Waals surface area contributed by atoms with Crippen molar-refractivity contribution in [3.63, 3.8) is 0 Å². The Morgan fingerprint density at radius 2 is 1.86 bits per heavy atom. The summed E-state index contributed by atoms with van der Waals surface area (Å²) < 4.78 is 0. The van der Waals surface area contributed by atoms with E-state index in [-0.39, 0.29) is 5.91 Å². The first-order valence-corrected chi connectivity index (χ1v) is 7.76. The van der Waals surface area contributed by atoms with E-state index < -0.39 is 24.3 Å². The molecule has 0 spiro atoms. The molecular weight excluding hydrogens is 272 g/mol. The molecule has 3 N–H and O–H groups in total. The van der Waals surface area contributed by atoms with Crippen LogP contribution < -0.4 is 5.73 Å². The lowest BCUT2D eigenvalue weighted by molar-refractivity contribution is -0.145. The molecule has 0 aromatic heterocycles. The van der Waals surface area contributed by atoms with E-state index in [4.69, 9.17) is 10.8 Å². The van der Waals surface area contributed by atoms with Crippen LogP contribution >= 0.6 is 0 Å². The molecule has 0 unspecified atom stereocenters. The topological polar surface area (TPSA) is 101 Å². The van der Waals surface area contributed by atoms with Crippen molar-refractivity contribution < 1.29 is 19.5 Å². The van der Waals surface area contributed by atoms with Gasteiger partial charge in [0.05, 0.1) is 6.42 Å². The first-order valence-electron chi connectivity index (χ1n) is 7.76. The van der Waals surface area contributed by atoms with Crippen LogP contribution in [0.5, 0.6) is 0 Å². The van der Waals surface area contributed by atoms with E-state index in [2.05, 4.69) is 0 Å². The number of rotatable bonds is 8. The highest BCUT2D eigenvalue weighted by molar-refractivity contribution is 5.89. The van der Waals surface area contributed by atoms with Gasteiger partial charge in [-0.05, 0) is 19.3 Å². The predicted octanol–water partition coefficient (Wildman–Crippen LogP) is 1.52. The minimum atomic E-state index is -1.13. The number of carbonyl (C=O) groups excluding carboxylic acids is 2. The van der Waals surface area contributed by atoms with Gasteiger partial charge in [-0.25, -0.2) is 0 Å². The minimum Gasteiger partial charge on any atom is -0.481 e. The van der Waals surface area contributed by atoms with Crippen molar-refractivity contribution in [3.8, 4) is 0 Å². The molecule has 2 amide bonds. The van der Waals surface area contributed by atoms with Crippen molar-refractivity contribution >= 4 is 17.8 Å². The van der Waals surface area contributed by atoms with Crippen molar-refractivity contribution in [1.82, 2.24) is 4.90 Å². The molecule has 6 heteroatoms. The summed E-state index contributed by atoms with van der Waals surface area (Å²) >= 11 is 0. The van der Waals surface area contributed by atoms with Crippen LogP contribution in [-0.2, 0) is 14.4 Å². The quantitative estimate of drug-likeness (QED) is 0.709. The fourth-order valence-corrected chi connectivity index (χ4v) is 3.05. The Balaban J connectivity index is 2.56. The van der Waals surface area contributed by atoms with Crippen molar-refractivity contribution in [2.45, 2.75) is 64.3 Å². The zero-order valence-electron chi connectivity index (χ0n) is 12.7. The van der Waals surface area contributed by atoms with Gasteiger partial charge in [0, 0.05) is 13.0 Å². The van der Waals surface area contributed by atoms with Crippen LogP contribution in [0.25, 0.3) is 0 Å². The van der Waals surface area contributed by atoms with Gasteiger partial charge in [0.1, 0.15) is 6.04 Å². The Bertz CT molecular complexity index is 378. The molecule has 0 saturated heterocycles. The van der Waals surface area contributed by atoms with E-state index in [1.807, 2.05) is 0 Å². The second-order valence-corrected chi connectivity index (χ2v) is 5.74. The smallest absolute Gasteiger partial charge is 0.305 e. The summed E-state index contributed by atoms with van der Waals surface area (Å²) in [5.41, 5.74) is 5.24. The number of likely N-dealkylation sites (N-methyl/N-ethyl adjacent to an activating group) is 1. The lowest BCUT2D eigenvalue weighted by atomic mass is 9.86. The highest BCUT2D eigenvalue weighted by Gasteiger charge is 2.29. The predicted molar refractivity (Wildman–Crippen MR) is 78.4 cm³/mol. The standard InChI is InChI=1S/C15H26N2O4/c1-2-17(12(15(16)21)10-14(19)20)13(18)9-8-11-6-4-3-5-7-11/h11-12H,2-10H2,1H3,(H2,16,21)(H,19,20)/t12-/m0/s1. The number of carboxylic acids is 1. The average Bonchev–Trinajstić information content (AvgIpc) is 2.45. The number of amides is 2. The highest BCUT2D eigenvalue weighted by atomic mass is 16.4. The summed E-state index contributed by atoms with van der Waals surface area (Å²) in [5.74, 6) is -1.48. The van der Waals surface area contributed by atoms with E-state index in [1.54, 1.807) is 6.92 Å². The zero-order chi connectivity index (χ0) is 15.8. The lowest BCUT2D eigenvalue weighted by Crippen LogP contribution is -2.49. The molecule has 0 bridgehead atoms. The fourth-order valence-electron chi connectivity index (χ4n) is 3.05. The maximum atomic E-state index is 12.3. The summed E-state index contributed by atoms with van der Waals surface area (Å²) in [6, 6.07) is -1.05. The van der Waals surface area contributed by atoms with E-state index in [0.29, 0.717) is 18.9 Å². The van der Waals surface area contributed by atoms with E-state index in [1.165, 1.54) is 24.2 Å². The van der Waals surface area contributed by atoms with Crippen LogP contribution in [0.15, 0.2) is 0 Å². The number of carboxylic acid groups (broad SMARTS) is 1. The van der Waals surface area contributed by atoms with E-state index >= 15 is 0 Å².